The van der Waals surface area contributed by atoms with E-state index in [0.29, 0.717) is 12.0 Å². The van der Waals surface area contributed by atoms with Gasteiger partial charge in [0.05, 0.1) is 11.5 Å². The van der Waals surface area contributed by atoms with Gasteiger partial charge in [0.1, 0.15) is 0 Å². The molecule has 2 N–H and O–H groups in total. The highest BCUT2D eigenvalue weighted by Crippen LogP contribution is 2.45. The number of benzene rings is 2. The Hall–Kier alpha value is -2.95. The predicted octanol–water partition coefficient (Wildman–Crippen LogP) is 2.31. The van der Waals surface area contributed by atoms with Crippen molar-refractivity contribution in [3.05, 3.63) is 71.3 Å². The molecule has 0 spiro atoms. The number of carbonyl (C=O) groups excluding carboxylic acids is 3. The van der Waals surface area contributed by atoms with E-state index in [-0.39, 0.29) is 35.6 Å². The highest BCUT2D eigenvalue weighted by Gasteiger charge is 2.45. The van der Waals surface area contributed by atoms with Crippen LogP contribution in [0.25, 0.3) is 0 Å². The maximum Gasteiger partial charge on any atom is 0.251 e. The van der Waals surface area contributed by atoms with Crippen molar-refractivity contribution in [3.8, 4) is 0 Å². The van der Waals surface area contributed by atoms with Gasteiger partial charge < -0.3 is 5.32 Å². The van der Waals surface area contributed by atoms with Gasteiger partial charge in [0.25, 0.3) is 5.91 Å². The highest BCUT2D eigenvalue weighted by atomic mass is 16.2. The second-order valence-electron chi connectivity index (χ2n) is 7.12. The van der Waals surface area contributed by atoms with E-state index in [2.05, 4.69) is 10.6 Å². The van der Waals surface area contributed by atoms with Crippen LogP contribution in [-0.2, 0) is 21.5 Å². The topological polar surface area (TPSA) is 75.3 Å². The number of hydrogen-bond donors (Lipinski definition) is 2. The molecule has 1 saturated heterocycles. The minimum Gasteiger partial charge on any atom is -0.343 e. The lowest BCUT2D eigenvalue weighted by Gasteiger charge is -2.18. The summed E-state index contributed by atoms with van der Waals surface area (Å²) in [5.41, 5.74) is 2.45. The number of carbonyl (C=O) groups is 3. The maximum atomic E-state index is 12.6. The van der Waals surface area contributed by atoms with Crippen LogP contribution in [-0.4, -0.2) is 17.7 Å². The monoisotopic (exact) mass is 348 g/mol. The van der Waals surface area contributed by atoms with E-state index in [0.717, 1.165) is 24.0 Å². The Bertz CT molecular complexity index is 855. The first kappa shape index (κ1) is 16.5. The number of hydrogen-bond acceptors (Lipinski definition) is 3. The Kier molecular flexibility index (Phi) is 4.07. The standard InChI is InChI=1S/C21H20N2O3/c24-18-13-16(19(25)22-18)12-14-6-8-15(9-7-14)20(26)23-21(10-11-21)17-4-2-1-3-5-17/h1-9,16H,10-13H2,(H,23,26)(H,22,24,25)/t16-/m0/s1. The lowest BCUT2D eigenvalue weighted by atomic mass is 9.97. The first-order chi connectivity index (χ1) is 12.6. The second kappa shape index (κ2) is 6.41. The van der Waals surface area contributed by atoms with Gasteiger partial charge in [-0.1, -0.05) is 42.5 Å². The third-order valence-corrected chi connectivity index (χ3v) is 5.19. The minimum absolute atomic E-state index is 0.0910. The SMILES string of the molecule is O=C1C[C@H](Cc2ccc(C(=O)NC3(c4ccccc4)CC3)cc2)C(=O)N1. The molecule has 1 aliphatic heterocycles. The average molecular weight is 348 g/mol. The fourth-order valence-corrected chi connectivity index (χ4v) is 3.51. The predicted molar refractivity (Wildman–Crippen MR) is 96.2 cm³/mol. The Morgan fingerprint density at radius 3 is 2.31 bits per heavy atom. The summed E-state index contributed by atoms with van der Waals surface area (Å²) in [6.45, 7) is 0. The first-order valence-corrected chi connectivity index (χ1v) is 8.86. The van der Waals surface area contributed by atoms with Crippen molar-refractivity contribution in [2.75, 3.05) is 0 Å². The van der Waals surface area contributed by atoms with E-state index >= 15 is 0 Å². The van der Waals surface area contributed by atoms with Gasteiger partial charge in [0.2, 0.25) is 11.8 Å². The van der Waals surface area contributed by atoms with Gasteiger partial charge in [-0.25, -0.2) is 0 Å². The number of rotatable bonds is 5. The van der Waals surface area contributed by atoms with Crippen molar-refractivity contribution in [3.63, 3.8) is 0 Å². The molecule has 0 bridgehead atoms. The van der Waals surface area contributed by atoms with Crippen LogP contribution in [0, 0.1) is 5.92 Å². The molecule has 0 unspecified atom stereocenters. The normalized spacial score (nSPS) is 20.5. The fraction of sp³-hybridized carbons (Fsp3) is 0.286. The Labute approximate surface area is 151 Å². The van der Waals surface area contributed by atoms with Crippen LogP contribution in [0.3, 0.4) is 0 Å². The van der Waals surface area contributed by atoms with Crippen LogP contribution in [0.15, 0.2) is 54.6 Å². The lowest BCUT2D eigenvalue weighted by Crippen LogP contribution is -2.34. The molecular weight excluding hydrogens is 328 g/mol. The number of amides is 3. The quantitative estimate of drug-likeness (QED) is 0.814. The van der Waals surface area contributed by atoms with Crippen LogP contribution in [0.5, 0.6) is 0 Å². The number of nitrogens with one attached hydrogen (secondary N) is 2. The lowest BCUT2D eigenvalue weighted by molar-refractivity contribution is -0.125. The Morgan fingerprint density at radius 2 is 1.73 bits per heavy atom. The summed E-state index contributed by atoms with van der Waals surface area (Å²) in [5, 5.41) is 5.48. The van der Waals surface area contributed by atoms with Crippen molar-refractivity contribution < 1.29 is 14.4 Å². The fourth-order valence-electron chi connectivity index (χ4n) is 3.51. The van der Waals surface area contributed by atoms with E-state index in [1.165, 1.54) is 0 Å². The molecule has 3 amide bonds. The summed E-state index contributed by atoms with van der Waals surface area (Å²) in [4.78, 5) is 35.5. The van der Waals surface area contributed by atoms with Gasteiger partial charge in [-0.3, -0.25) is 19.7 Å². The zero-order chi connectivity index (χ0) is 18.1. The molecule has 5 nitrogen and oxygen atoms in total. The molecule has 1 aliphatic carbocycles. The molecule has 5 heteroatoms. The highest BCUT2D eigenvalue weighted by molar-refractivity contribution is 6.03. The Balaban J connectivity index is 1.41. The second-order valence-corrected chi connectivity index (χ2v) is 7.12. The first-order valence-electron chi connectivity index (χ1n) is 8.86. The summed E-state index contributed by atoms with van der Waals surface area (Å²) in [6.07, 6.45) is 2.64. The van der Waals surface area contributed by atoms with E-state index in [9.17, 15) is 14.4 Å². The molecule has 2 aromatic rings. The molecule has 2 aliphatic rings. The molecule has 1 heterocycles. The largest absolute Gasteiger partial charge is 0.343 e. The molecule has 1 saturated carbocycles. The van der Waals surface area contributed by atoms with Gasteiger partial charge in [-0.2, -0.15) is 0 Å². The Morgan fingerprint density at radius 1 is 1.04 bits per heavy atom. The smallest absolute Gasteiger partial charge is 0.251 e. The minimum atomic E-state index is -0.310. The molecule has 1 atom stereocenters. The maximum absolute atomic E-state index is 12.6. The van der Waals surface area contributed by atoms with Crippen molar-refractivity contribution in [2.45, 2.75) is 31.2 Å². The van der Waals surface area contributed by atoms with Crippen molar-refractivity contribution in [1.82, 2.24) is 10.6 Å². The summed E-state index contributed by atoms with van der Waals surface area (Å²) in [6, 6.07) is 17.3. The number of imide groups is 1. The summed E-state index contributed by atoms with van der Waals surface area (Å²) in [5.74, 6) is -0.830. The van der Waals surface area contributed by atoms with E-state index in [1.54, 1.807) is 12.1 Å². The molecule has 26 heavy (non-hydrogen) atoms. The third kappa shape index (κ3) is 3.25. The van der Waals surface area contributed by atoms with Crippen LogP contribution in [0.1, 0.15) is 40.7 Å². The van der Waals surface area contributed by atoms with Gasteiger partial charge in [-0.15, -0.1) is 0 Å². The average Bonchev–Trinajstić information content (AvgIpc) is 3.36. The van der Waals surface area contributed by atoms with Gasteiger partial charge in [-0.05, 0) is 42.5 Å². The third-order valence-electron chi connectivity index (χ3n) is 5.19. The molecule has 2 aromatic carbocycles. The van der Waals surface area contributed by atoms with Crippen LogP contribution < -0.4 is 10.6 Å². The zero-order valence-corrected chi connectivity index (χ0v) is 14.3. The van der Waals surface area contributed by atoms with Gasteiger partial charge in [0, 0.05) is 12.0 Å². The zero-order valence-electron chi connectivity index (χ0n) is 14.3. The van der Waals surface area contributed by atoms with E-state index in [1.807, 2.05) is 42.5 Å². The molecule has 2 fully saturated rings. The van der Waals surface area contributed by atoms with Crippen molar-refractivity contribution in [1.29, 1.82) is 0 Å². The summed E-state index contributed by atoms with van der Waals surface area (Å²) in [7, 11) is 0. The molecule has 0 aromatic heterocycles. The molecule has 132 valence electrons. The van der Waals surface area contributed by atoms with E-state index in [4.69, 9.17) is 0 Å². The summed E-state index contributed by atoms with van der Waals surface area (Å²) < 4.78 is 0. The van der Waals surface area contributed by atoms with Gasteiger partial charge in [0.15, 0.2) is 0 Å². The van der Waals surface area contributed by atoms with Crippen LogP contribution in [0.2, 0.25) is 0 Å². The van der Waals surface area contributed by atoms with E-state index < -0.39 is 0 Å². The van der Waals surface area contributed by atoms with Crippen molar-refractivity contribution >= 4 is 17.7 Å². The molecular formula is C21H20N2O3. The molecule has 0 radical (unpaired) electrons. The van der Waals surface area contributed by atoms with Crippen molar-refractivity contribution in [2.24, 2.45) is 5.92 Å². The molecule has 4 rings (SSSR count). The van der Waals surface area contributed by atoms with Gasteiger partial charge >= 0.3 is 0 Å². The summed E-state index contributed by atoms with van der Waals surface area (Å²) >= 11 is 0. The van der Waals surface area contributed by atoms with Crippen LogP contribution in [0.4, 0.5) is 0 Å². The van der Waals surface area contributed by atoms with Crippen LogP contribution >= 0.6 is 0 Å².